The van der Waals surface area contributed by atoms with Crippen LogP contribution in [0.4, 0.5) is 0 Å². The standard InChI is InChI=1S/C19H29N5S.HI/c1-14-15(2)25-18(23-14)9-10-21-19(20-3)22-12-16-7-6-8-17(11-16)13-24(4)5;/h6-8,11H,9-10,12-13H2,1-5H3,(H2,20,21,22);1H. The van der Waals surface area contributed by atoms with Crippen LogP contribution in [-0.4, -0.2) is 43.5 Å². The lowest BCUT2D eigenvalue weighted by Gasteiger charge is -2.13. The molecular formula is C19H30IN5S. The number of aromatic nitrogens is 1. The molecule has 0 saturated carbocycles. The highest BCUT2D eigenvalue weighted by Gasteiger charge is 2.04. The predicted octanol–water partition coefficient (Wildman–Crippen LogP) is 3.35. The van der Waals surface area contributed by atoms with Gasteiger partial charge in [-0.05, 0) is 39.1 Å². The van der Waals surface area contributed by atoms with E-state index in [1.54, 1.807) is 18.4 Å². The predicted molar refractivity (Wildman–Crippen MR) is 123 cm³/mol. The number of aryl methyl sites for hydroxylation is 2. The van der Waals surface area contributed by atoms with Crippen molar-refractivity contribution in [1.82, 2.24) is 20.5 Å². The highest BCUT2D eigenvalue weighted by Crippen LogP contribution is 2.16. The summed E-state index contributed by atoms with van der Waals surface area (Å²) < 4.78 is 0. The largest absolute Gasteiger partial charge is 0.356 e. The fourth-order valence-electron chi connectivity index (χ4n) is 2.54. The minimum absolute atomic E-state index is 0. The summed E-state index contributed by atoms with van der Waals surface area (Å²) in [5.74, 6) is 0.822. The molecule has 0 fully saturated rings. The monoisotopic (exact) mass is 487 g/mol. The van der Waals surface area contributed by atoms with E-state index in [-0.39, 0.29) is 24.0 Å². The van der Waals surface area contributed by atoms with E-state index in [1.165, 1.54) is 21.0 Å². The molecule has 0 atom stereocenters. The van der Waals surface area contributed by atoms with Gasteiger partial charge in [0.15, 0.2) is 5.96 Å². The van der Waals surface area contributed by atoms with Gasteiger partial charge in [-0.2, -0.15) is 0 Å². The molecule has 0 aliphatic rings. The molecule has 1 heterocycles. The Morgan fingerprint density at radius 1 is 1.19 bits per heavy atom. The molecule has 0 aliphatic heterocycles. The maximum atomic E-state index is 4.57. The lowest BCUT2D eigenvalue weighted by molar-refractivity contribution is 0.402. The number of guanidine groups is 1. The molecule has 2 aromatic rings. The molecule has 1 aromatic heterocycles. The summed E-state index contributed by atoms with van der Waals surface area (Å²) in [6.45, 7) is 6.72. The third-order valence-corrected chi connectivity index (χ3v) is 5.01. The molecule has 2 rings (SSSR count). The van der Waals surface area contributed by atoms with Crippen LogP contribution in [0.15, 0.2) is 29.3 Å². The molecule has 0 amide bonds. The Labute approximate surface area is 178 Å². The second kappa shape index (κ2) is 11.5. The molecule has 2 N–H and O–H groups in total. The van der Waals surface area contributed by atoms with Gasteiger partial charge in [-0.3, -0.25) is 4.99 Å². The normalized spacial score (nSPS) is 11.4. The van der Waals surface area contributed by atoms with Crippen LogP contribution >= 0.6 is 35.3 Å². The van der Waals surface area contributed by atoms with Gasteiger partial charge in [-0.15, -0.1) is 35.3 Å². The first-order valence-corrected chi connectivity index (χ1v) is 9.39. The average Bonchev–Trinajstić information content (AvgIpc) is 2.88. The summed E-state index contributed by atoms with van der Waals surface area (Å²) in [4.78, 5) is 12.3. The van der Waals surface area contributed by atoms with Gasteiger partial charge >= 0.3 is 0 Å². The lowest BCUT2D eigenvalue weighted by Crippen LogP contribution is -2.37. The van der Waals surface area contributed by atoms with Crippen molar-refractivity contribution in [3.8, 4) is 0 Å². The van der Waals surface area contributed by atoms with Crippen LogP contribution < -0.4 is 10.6 Å². The van der Waals surface area contributed by atoms with Crippen LogP contribution in [0.25, 0.3) is 0 Å². The third kappa shape index (κ3) is 7.59. The summed E-state index contributed by atoms with van der Waals surface area (Å²) in [6.07, 6.45) is 0.915. The number of thiazole rings is 1. The fraction of sp³-hybridized carbons (Fsp3) is 0.474. The molecule has 1 aromatic carbocycles. The van der Waals surface area contributed by atoms with E-state index in [0.717, 1.165) is 37.7 Å². The van der Waals surface area contributed by atoms with Gasteiger partial charge in [0.2, 0.25) is 0 Å². The number of nitrogens with zero attached hydrogens (tertiary/aromatic N) is 3. The molecule has 5 nitrogen and oxygen atoms in total. The maximum absolute atomic E-state index is 4.57. The maximum Gasteiger partial charge on any atom is 0.191 e. The molecule has 0 bridgehead atoms. The number of benzene rings is 1. The highest BCUT2D eigenvalue weighted by molar-refractivity contribution is 14.0. The molecule has 144 valence electrons. The minimum atomic E-state index is 0. The van der Waals surface area contributed by atoms with Crippen LogP contribution in [-0.2, 0) is 19.5 Å². The smallest absolute Gasteiger partial charge is 0.191 e. The first-order chi connectivity index (χ1) is 12.0. The fourth-order valence-corrected chi connectivity index (χ4v) is 3.48. The zero-order chi connectivity index (χ0) is 18.2. The highest BCUT2D eigenvalue weighted by atomic mass is 127. The Morgan fingerprint density at radius 3 is 2.54 bits per heavy atom. The topological polar surface area (TPSA) is 52.6 Å². The summed E-state index contributed by atoms with van der Waals surface area (Å²) in [6, 6.07) is 8.65. The number of rotatable bonds is 7. The molecular weight excluding hydrogens is 457 g/mol. The molecule has 26 heavy (non-hydrogen) atoms. The van der Waals surface area contributed by atoms with Crippen molar-refractivity contribution < 1.29 is 0 Å². The third-order valence-electron chi connectivity index (χ3n) is 3.88. The van der Waals surface area contributed by atoms with Gasteiger partial charge in [0.1, 0.15) is 0 Å². The molecule has 0 aliphatic carbocycles. The number of halogens is 1. The molecule has 0 radical (unpaired) electrons. The van der Waals surface area contributed by atoms with Crippen molar-refractivity contribution >= 4 is 41.3 Å². The Balaban J connectivity index is 0.00000338. The van der Waals surface area contributed by atoms with Crippen molar-refractivity contribution in [3.05, 3.63) is 51.0 Å². The summed E-state index contributed by atoms with van der Waals surface area (Å²) >= 11 is 1.77. The van der Waals surface area contributed by atoms with E-state index in [0.29, 0.717) is 0 Å². The van der Waals surface area contributed by atoms with Gasteiger partial charge in [0.25, 0.3) is 0 Å². The Morgan fingerprint density at radius 2 is 1.92 bits per heavy atom. The second-order valence-electron chi connectivity index (χ2n) is 6.41. The Kier molecular flexibility index (Phi) is 10.1. The summed E-state index contributed by atoms with van der Waals surface area (Å²) in [7, 11) is 5.97. The summed E-state index contributed by atoms with van der Waals surface area (Å²) in [5, 5.41) is 7.91. The number of hydrogen-bond acceptors (Lipinski definition) is 4. The van der Waals surface area contributed by atoms with Crippen LogP contribution in [0.1, 0.15) is 26.7 Å². The molecule has 0 saturated heterocycles. The average molecular weight is 487 g/mol. The van der Waals surface area contributed by atoms with E-state index < -0.39 is 0 Å². The van der Waals surface area contributed by atoms with Crippen molar-refractivity contribution in [2.45, 2.75) is 33.4 Å². The van der Waals surface area contributed by atoms with Gasteiger partial charge in [0.05, 0.1) is 10.7 Å². The van der Waals surface area contributed by atoms with Gasteiger partial charge in [-0.25, -0.2) is 4.98 Å². The second-order valence-corrected chi connectivity index (χ2v) is 7.70. The SMILES string of the molecule is CN=C(NCCc1nc(C)c(C)s1)NCc1cccc(CN(C)C)c1.I. The van der Waals surface area contributed by atoms with E-state index >= 15 is 0 Å². The number of nitrogens with one attached hydrogen (secondary N) is 2. The van der Waals surface area contributed by atoms with Gasteiger partial charge in [-0.1, -0.05) is 24.3 Å². The van der Waals surface area contributed by atoms with Crippen molar-refractivity contribution in [2.24, 2.45) is 4.99 Å². The summed E-state index contributed by atoms with van der Waals surface area (Å²) in [5.41, 5.74) is 3.72. The Bertz CT molecular complexity index is 692. The number of hydrogen-bond donors (Lipinski definition) is 2. The lowest BCUT2D eigenvalue weighted by atomic mass is 10.1. The minimum Gasteiger partial charge on any atom is -0.356 e. The van der Waals surface area contributed by atoms with Gasteiger partial charge < -0.3 is 15.5 Å². The first kappa shape index (κ1) is 22.9. The van der Waals surface area contributed by atoms with Crippen molar-refractivity contribution in [3.63, 3.8) is 0 Å². The van der Waals surface area contributed by atoms with Crippen LogP contribution in [0.3, 0.4) is 0 Å². The Hall–Kier alpha value is -1.19. The molecule has 7 heteroatoms. The first-order valence-electron chi connectivity index (χ1n) is 8.58. The van der Waals surface area contributed by atoms with Crippen LogP contribution in [0.5, 0.6) is 0 Å². The molecule has 0 spiro atoms. The zero-order valence-corrected chi connectivity index (χ0v) is 19.4. The van der Waals surface area contributed by atoms with Crippen LogP contribution in [0.2, 0.25) is 0 Å². The van der Waals surface area contributed by atoms with E-state index in [1.807, 2.05) is 0 Å². The van der Waals surface area contributed by atoms with E-state index in [9.17, 15) is 0 Å². The van der Waals surface area contributed by atoms with Crippen molar-refractivity contribution in [2.75, 3.05) is 27.7 Å². The van der Waals surface area contributed by atoms with Crippen LogP contribution in [0, 0.1) is 13.8 Å². The quantitative estimate of drug-likeness (QED) is 0.358. The van der Waals surface area contributed by atoms with E-state index in [4.69, 9.17) is 0 Å². The van der Waals surface area contributed by atoms with Gasteiger partial charge in [0, 0.05) is 38.0 Å². The van der Waals surface area contributed by atoms with Crippen molar-refractivity contribution in [1.29, 1.82) is 0 Å². The zero-order valence-electron chi connectivity index (χ0n) is 16.3. The molecule has 0 unspecified atom stereocenters. The number of aliphatic imine (C=N–C) groups is 1. The van der Waals surface area contributed by atoms with E-state index in [2.05, 4.69) is 77.7 Å².